The molecule has 3 heteroatoms. The molecule has 1 aromatic carbocycles. The van der Waals surface area contributed by atoms with Crippen LogP contribution < -0.4 is 5.73 Å². The van der Waals surface area contributed by atoms with Crippen LogP contribution in [0.3, 0.4) is 0 Å². The zero-order chi connectivity index (χ0) is 12.8. The van der Waals surface area contributed by atoms with Crippen LogP contribution in [-0.4, -0.2) is 23.4 Å². The van der Waals surface area contributed by atoms with Gasteiger partial charge in [0.15, 0.2) is 0 Å². The van der Waals surface area contributed by atoms with Crippen molar-refractivity contribution in [1.29, 1.82) is 0 Å². The summed E-state index contributed by atoms with van der Waals surface area (Å²) in [5, 5.41) is 9.14. The molecule has 92 valence electrons. The number of hydrogen-bond acceptors (Lipinski definition) is 3. The summed E-state index contributed by atoms with van der Waals surface area (Å²) < 4.78 is 0. The number of aliphatic hydroxyl groups excluding tert-OH is 1. The molecule has 0 aliphatic heterocycles. The number of rotatable bonds is 5. The van der Waals surface area contributed by atoms with E-state index in [1.807, 2.05) is 44.3 Å². The summed E-state index contributed by atoms with van der Waals surface area (Å²) in [6.45, 7) is 7.50. The Morgan fingerprint density at radius 2 is 2.00 bits per heavy atom. The van der Waals surface area contributed by atoms with Gasteiger partial charge in [0.25, 0.3) is 0 Å². The van der Waals surface area contributed by atoms with Gasteiger partial charge in [-0.1, -0.05) is 30.8 Å². The van der Waals surface area contributed by atoms with Crippen LogP contribution in [0.1, 0.15) is 25.0 Å². The maximum Gasteiger partial charge on any atom is 0.102 e. The van der Waals surface area contributed by atoms with Crippen molar-refractivity contribution in [3.63, 3.8) is 0 Å². The molecule has 0 amide bonds. The minimum absolute atomic E-state index is 0.0236. The normalized spacial score (nSPS) is 13.2. The third-order valence-corrected chi connectivity index (χ3v) is 2.39. The van der Waals surface area contributed by atoms with Gasteiger partial charge in [-0.25, -0.2) is 0 Å². The molecule has 0 aromatic heterocycles. The number of aliphatic imine (C=N–C) groups is 1. The van der Waals surface area contributed by atoms with Crippen LogP contribution in [0.2, 0.25) is 0 Å². The molecule has 0 saturated carbocycles. The van der Waals surface area contributed by atoms with E-state index in [9.17, 15) is 0 Å². The Morgan fingerprint density at radius 3 is 2.47 bits per heavy atom. The molecule has 1 atom stereocenters. The Kier molecular flexibility index (Phi) is 4.91. The second-order valence-corrected chi connectivity index (χ2v) is 4.42. The van der Waals surface area contributed by atoms with Crippen LogP contribution in [0.15, 0.2) is 41.6 Å². The first-order chi connectivity index (χ1) is 7.99. The summed E-state index contributed by atoms with van der Waals surface area (Å²) in [5.74, 6) is 0.0236. The van der Waals surface area contributed by atoms with Crippen LogP contribution in [0.25, 0.3) is 0 Å². The van der Waals surface area contributed by atoms with Crippen molar-refractivity contribution in [2.24, 2.45) is 10.7 Å². The Hall–Kier alpha value is -1.61. The average molecular weight is 232 g/mol. The molecule has 1 unspecified atom stereocenters. The molecule has 0 radical (unpaired) electrons. The molecule has 0 saturated heterocycles. The van der Waals surface area contributed by atoms with E-state index in [0.29, 0.717) is 12.5 Å². The number of benzene rings is 1. The van der Waals surface area contributed by atoms with Crippen molar-refractivity contribution >= 4 is 6.21 Å². The first kappa shape index (κ1) is 13.5. The summed E-state index contributed by atoms with van der Waals surface area (Å²) >= 11 is 0. The van der Waals surface area contributed by atoms with Crippen LogP contribution in [0, 0.1) is 0 Å². The number of aliphatic hydroxyl groups is 1. The quantitative estimate of drug-likeness (QED) is 0.605. The lowest BCUT2D eigenvalue weighted by atomic mass is 10.0. The van der Waals surface area contributed by atoms with Gasteiger partial charge in [0.1, 0.15) is 5.76 Å². The van der Waals surface area contributed by atoms with Crippen molar-refractivity contribution in [3.8, 4) is 0 Å². The van der Waals surface area contributed by atoms with Crippen molar-refractivity contribution < 1.29 is 5.11 Å². The zero-order valence-electron chi connectivity index (χ0n) is 10.4. The van der Waals surface area contributed by atoms with Crippen molar-refractivity contribution in [2.75, 3.05) is 0 Å². The highest BCUT2D eigenvalue weighted by Crippen LogP contribution is 2.07. The monoisotopic (exact) mass is 232 g/mol. The maximum atomic E-state index is 9.14. The number of nitrogens with two attached hydrogens (primary N) is 1. The summed E-state index contributed by atoms with van der Waals surface area (Å²) in [6, 6.07) is 7.88. The lowest BCUT2D eigenvalue weighted by Crippen LogP contribution is -2.24. The van der Waals surface area contributed by atoms with E-state index in [1.54, 1.807) is 0 Å². The van der Waals surface area contributed by atoms with E-state index in [4.69, 9.17) is 10.8 Å². The van der Waals surface area contributed by atoms with Gasteiger partial charge >= 0.3 is 0 Å². The topological polar surface area (TPSA) is 58.6 Å². The molecule has 1 rings (SSSR count). The highest BCUT2D eigenvalue weighted by atomic mass is 16.3. The predicted molar refractivity (Wildman–Crippen MR) is 72.6 cm³/mol. The van der Waals surface area contributed by atoms with E-state index in [1.165, 1.54) is 0 Å². The Morgan fingerprint density at radius 1 is 1.41 bits per heavy atom. The first-order valence-corrected chi connectivity index (χ1v) is 5.74. The molecule has 1 aromatic rings. The lowest BCUT2D eigenvalue weighted by molar-refractivity contribution is 0.368. The highest BCUT2D eigenvalue weighted by molar-refractivity contribution is 5.79. The van der Waals surface area contributed by atoms with Gasteiger partial charge in [0.2, 0.25) is 0 Å². The standard InChI is InChI=1S/C14H20N2O/c1-10(2)16-9-13-6-4-12(5-7-13)8-14(15)11(3)17/h4-7,9-10,14,17H,3,8,15H2,1-2H3/b16-9+. The zero-order valence-corrected chi connectivity index (χ0v) is 10.4. The molecule has 3 N–H and O–H groups in total. The van der Waals surface area contributed by atoms with Gasteiger partial charge in [-0.05, 0) is 31.4 Å². The second-order valence-electron chi connectivity index (χ2n) is 4.42. The molecular formula is C14H20N2O. The van der Waals surface area contributed by atoms with Gasteiger partial charge in [0.05, 0.1) is 6.04 Å². The maximum absolute atomic E-state index is 9.14. The van der Waals surface area contributed by atoms with Gasteiger partial charge in [-0.15, -0.1) is 0 Å². The summed E-state index contributed by atoms with van der Waals surface area (Å²) in [6.07, 6.45) is 2.45. The van der Waals surface area contributed by atoms with E-state index >= 15 is 0 Å². The van der Waals surface area contributed by atoms with E-state index in [-0.39, 0.29) is 5.76 Å². The molecule has 17 heavy (non-hydrogen) atoms. The van der Waals surface area contributed by atoms with Crippen molar-refractivity contribution in [3.05, 3.63) is 47.7 Å². The van der Waals surface area contributed by atoms with Crippen LogP contribution in [0.5, 0.6) is 0 Å². The van der Waals surface area contributed by atoms with Crippen molar-refractivity contribution in [2.45, 2.75) is 32.4 Å². The third kappa shape index (κ3) is 4.83. The molecule has 0 heterocycles. The SMILES string of the molecule is C=C(O)C(N)Cc1ccc(/C=N/C(C)C)cc1. The van der Waals surface area contributed by atoms with Crippen LogP contribution in [0.4, 0.5) is 0 Å². The average Bonchev–Trinajstić information content (AvgIpc) is 2.28. The Bertz CT molecular complexity index is 393. The molecule has 3 nitrogen and oxygen atoms in total. The molecule has 0 aliphatic rings. The molecule has 0 fully saturated rings. The fourth-order valence-electron chi connectivity index (χ4n) is 1.35. The van der Waals surface area contributed by atoms with Crippen LogP contribution in [-0.2, 0) is 6.42 Å². The largest absolute Gasteiger partial charge is 0.511 e. The molecule has 0 aliphatic carbocycles. The Labute approximate surface area is 103 Å². The third-order valence-electron chi connectivity index (χ3n) is 2.39. The van der Waals surface area contributed by atoms with Crippen LogP contribution >= 0.6 is 0 Å². The van der Waals surface area contributed by atoms with E-state index in [0.717, 1.165) is 11.1 Å². The Balaban J connectivity index is 2.65. The fourth-order valence-corrected chi connectivity index (χ4v) is 1.35. The van der Waals surface area contributed by atoms with Gasteiger partial charge in [-0.2, -0.15) is 0 Å². The smallest absolute Gasteiger partial charge is 0.102 e. The van der Waals surface area contributed by atoms with Crippen molar-refractivity contribution in [1.82, 2.24) is 0 Å². The van der Waals surface area contributed by atoms with E-state index in [2.05, 4.69) is 11.6 Å². The molecule has 0 spiro atoms. The second kappa shape index (κ2) is 6.21. The summed E-state index contributed by atoms with van der Waals surface area (Å²) in [7, 11) is 0. The summed E-state index contributed by atoms with van der Waals surface area (Å²) in [4.78, 5) is 4.31. The summed E-state index contributed by atoms with van der Waals surface area (Å²) in [5.41, 5.74) is 7.86. The molecular weight excluding hydrogens is 212 g/mol. The number of hydrogen-bond donors (Lipinski definition) is 2. The highest BCUT2D eigenvalue weighted by Gasteiger charge is 2.06. The minimum atomic E-state index is -0.398. The van der Waals surface area contributed by atoms with E-state index < -0.39 is 6.04 Å². The number of nitrogens with zero attached hydrogens (tertiary/aromatic N) is 1. The minimum Gasteiger partial charge on any atom is -0.511 e. The predicted octanol–water partition coefficient (Wildman–Crippen LogP) is 2.46. The molecule has 0 bridgehead atoms. The van der Waals surface area contributed by atoms with Gasteiger partial charge < -0.3 is 10.8 Å². The lowest BCUT2D eigenvalue weighted by Gasteiger charge is -2.09. The van der Waals surface area contributed by atoms with Gasteiger partial charge in [-0.3, -0.25) is 4.99 Å². The fraction of sp³-hybridized carbons (Fsp3) is 0.357. The first-order valence-electron chi connectivity index (χ1n) is 5.74. The van der Waals surface area contributed by atoms with Gasteiger partial charge in [0, 0.05) is 12.3 Å².